The zero-order valence-electron chi connectivity index (χ0n) is 8.30. The van der Waals surface area contributed by atoms with Gasteiger partial charge in [0.15, 0.2) is 0 Å². The van der Waals surface area contributed by atoms with Gasteiger partial charge in [0.1, 0.15) is 5.82 Å². The Morgan fingerprint density at radius 1 is 1.40 bits per heavy atom. The molecule has 0 amide bonds. The van der Waals surface area contributed by atoms with Crippen LogP contribution in [-0.4, -0.2) is 43.9 Å². The van der Waals surface area contributed by atoms with E-state index in [1.54, 1.807) is 12.4 Å². The van der Waals surface area contributed by atoms with Crippen molar-refractivity contribution in [3.8, 4) is 0 Å². The van der Waals surface area contributed by atoms with Crippen LogP contribution in [0.5, 0.6) is 0 Å². The van der Waals surface area contributed by atoms with Gasteiger partial charge in [-0.15, -0.1) is 0 Å². The van der Waals surface area contributed by atoms with Crippen LogP contribution >= 0.6 is 0 Å². The highest BCUT2D eigenvalue weighted by Crippen LogP contribution is 2.12. The first-order chi connectivity index (χ1) is 7.29. The van der Waals surface area contributed by atoms with Gasteiger partial charge in [-0.3, -0.25) is 9.19 Å². The lowest BCUT2D eigenvalue weighted by molar-refractivity contribution is 0.276. The highest BCUT2D eigenvalue weighted by molar-refractivity contribution is 7.85. The van der Waals surface area contributed by atoms with Crippen molar-refractivity contribution in [1.29, 1.82) is 0 Å². The van der Waals surface area contributed by atoms with E-state index >= 15 is 0 Å². The lowest BCUT2D eigenvalue weighted by Crippen LogP contribution is -2.38. The van der Waals surface area contributed by atoms with Gasteiger partial charge in [-0.2, -0.15) is 0 Å². The molecule has 0 atom stereocenters. The fourth-order valence-electron chi connectivity index (χ4n) is 1.49. The van der Waals surface area contributed by atoms with Gasteiger partial charge in [0.25, 0.3) is 0 Å². The third-order valence-electron chi connectivity index (χ3n) is 2.34. The minimum absolute atomic E-state index is 0.0966. The topological polar surface area (TPSA) is 66.3 Å². The van der Waals surface area contributed by atoms with E-state index in [2.05, 4.69) is 9.97 Å². The summed E-state index contributed by atoms with van der Waals surface area (Å²) in [6.45, 7) is 1.40. The van der Waals surface area contributed by atoms with Crippen LogP contribution in [-0.2, 0) is 17.4 Å². The SMILES string of the molecule is O=S1CCN(c2cncc(CO)n2)CC1. The molecule has 0 spiro atoms. The molecule has 2 rings (SSSR count). The predicted octanol–water partition coefficient (Wildman–Crippen LogP) is -0.462. The summed E-state index contributed by atoms with van der Waals surface area (Å²) in [5.74, 6) is 2.13. The second-order valence-electron chi connectivity index (χ2n) is 3.36. The average molecular weight is 227 g/mol. The van der Waals surface area contributed by atoms with Crippen molar-refractivity contribution in [2.24, 2.45) is 0 Å². The average Bonchev–Trinajstić information content (AvgIpc) is 2.30. The Hall–Kier alpha value is -1.01. The molecule has 1 aliphatic rings. The van der Waals surface area contributed by atoms with Crippen LogP contribution in [0.15, 0.2) is 12.4 Å². The van der Waals surface area contributed by atoms with Crippen LogP contribution < -0.4 is 4.90 Å². The second-order valence-corrected chi connectivity index (χ2v) is 5.06. The van der Waals surface area contributed by atoms with Gasteiger partial charge in [-0.1, -0.05) is 0 Å². The molecule has 1 aromatic heterocycles. The molecule has 82 valence electrons. The number of nitrogens with zero attached hydrogens (tertiary/aromatic N) is 3. The van der Waals surface area contributed by atoms with E-state index in [1.807, 2.05) is 4.90 Å². The highest BCUT2D eigenvalue weighted by atomic mass is 32.2. The normalized spacial score (nSPS) is 18.1. The molecule has 1 aliphatic heterocycles. The van der Waals surface area contributed by atoms with Crippen LogP contribution in [0.4, 0.5) is 5.82 Å². The maximum absolute atomic E-state index is 11.2. The third kappa shape index (κ3) is 2.51. The molecule has 1 aromatic rings. The van der Waals surface area contributed by atoms with Crippen molar-refractivity contribution in [2.75, 3.05) is 29.5 Å². The van der Waals surface area contributed by atoms with E-state index in [0.29, 0.717) is 17.2 Å². The number of anilines is 1. The minimum atomic E-state index is -0.681. The first-order valence-corrected chi connectivity index (χ1v) is 6.30. The van der Waals surface area contributed by atoms with Crippen LogP contribution in [0.1, 0.15) is 5.69 Å². The first-order valence-electron chi connectivity index (χ1n) is 4.81. The van der Waals surface area contributed by atoms with Gasteiger partial charge < -0.3 is 10.0 Å². The predicted molar refractivity (Wildman–Crippen MR) is 58.0 cm³/mol. The molecule has 15 heavy (non-hydrogen) atoms. The molecule has 2 heterocycles. The molecule has 0 bridgehead atoms. The lowest BCUT2D eigenvalue weighted by atomic mass is 10.4. The number of aliphatic hydroxyl groups is 1. The summed E-state index contributed by atoms with van der Waals surface area (Å²) in [5.41, 5.74) is 0.569. The summed E-state index contributed by atoms with van der Waals surface area (Å²) in [5, 5.41) is 8.93. The third-order valence-corrected chi connectivity index (χ3v) is 3.61. The fraction of sp³-hybridized carbons (Fsp3) is 0.556. The number of hydrogen-bond acceptors (Lipinski definition) is 5. The van der Waals surface area contributed by atoms with Gasteiger partial charge in [0.2, 0.25) is 0 Å². The van der Waals surface area contributed by atoms with Crippen LogP contribution in [0.25, 0.3) is 0 Å². The standard InChI is InChI=1S/C9H13N3O2S/c13-7-8-5-10-6-9(11-8)12-1-3-15(14)4-2-12/h5-6,13H,1-4,7H2. The summed E-state index contributed by atoms with van der Waals surface area (Å²) in [7, 11) is -0.681. The maximum Gasteiger partial charge on any atom is 0.147 e. The van der Waals surface area contributed by atoms with Crippen LogP contribution in [0.2, 0.25) is 0 Å². The van der Waals surface area contributed by atoms with Gasteiger partial charge in [-0.25, -0.2) is 4.98 Å². The Morgan fingerprint density at radius 2 is 2.13 bits per heavy atom. The second kappa shape index (κ2) is 4.67. The van der Waals surface area contributed by atoms with Crippen molar-refractivity contribution >= 4 is 16.6 Å². The van der Waals surface area contributed by atoms with Crippen molar-refractivity contribution in [3.63, 3.8) is 0 Å². The molecule has 5 nitrogen and oxygen atoms in total. The smallest absolute Gasteiger partial charge is 0.147 e. The van der Waals surface area contributed by atoms with Gasteiger partial charge in [0, 0.05) is 35.4 Å². The van der Waals surface area contributed by atoms with Crippen molar-refractivity contribution in [1.82, 2.24) is 9.97 Å². The molecule has 0 aliphatic carbocycles. The van der Waals surface area contributed by atoms with E-state index < -0.39 is 10.8 Å². The summed E-state index contributed by atoms with van der Waals surface area (Å²) >= 11 is 0. The fourth-order valence-corrected chi connectivity index (χ4v) is 2.54. The van der Waals surface area contributed by atoms with E-state index in [0.717, 1.165) is 18.9 Å². The number of rotatable bonds is 2. The van der Waals surface area contributed by atoms with Crippen molar-refractivity contribution in [3.05, 3.63) is 18.1 Å². The summed E-state index contributed by atoms with van der Waals surface area (Å²) in [6.07, 6.45) is 3.22. The van der Waals surface area contributed by atoms with Crippen molar-refractivity contribution < 1.29 is 9.32 Å². The Kier molecular flexibility index (Phi) is 3.27. The number of aromatic nitrogens is 2. The molecule has 1 saturated heterocycles. The number of aliphatic hydroxyl groups excluding tert-OH is 1. The highest BCUT2D eigenvalue weighted by Gasteiger charge is 2.16. The zero-order valence-corrected chi connectivity index (χ0v) is 9.11. The van der Waals surface area contributed by atoms with E-state index in [4.69, 9.17) is 5.11 Å². The Morgan fingerprint density at radius 3 is 2.80 bits per heavy atom. The molecule has 1 fully saturated rings. The number of hydrogen-bond donors (Lipinski definition) is 1. The largest absolute Gasteiger partial charge is 0.390 e. The van der Waals surface area contributed by atoms with Gasteiger partial charge in [-0.05, 0) is 0 Å². The Balaban J connectivity index is 2.11. The van der Waals surface area contributed by atoms with E-state index in [-0.39, 0.29) is 6.61 Å². The Bertz CT molecular complexity index is 362. The molecule has 0 saturated carbocycles. The summed E-state index contributed by atoms with van der Waals surface area (Å²) < 4.78 is 11.2. The molecular weight excluding hydrogens is 214 g/mol. The zero-order chi connectivity index (χ0) is 10.7. The van der Waals surface area contributed by atoms with Crippen LogP contribution in [0.3, 0.4) is 0 Å². The van der Waals surface area contributed by atoms with Crippen LogP contribution in [0, 0.1) is 0 Å². The van der Waals surface area contributed by atoms with E-state index in [1.165, 1.54) is 0 Å². The van der Waals surface area contributed by atoms with Gasteiger partial charge in [0.05, 0.1) is 24.7 Å². The monoisotopic (exact) mass is 227 g/mol. The molecule has 1 N–H and O–H groups in total. The first kappa shape index (κ1) is 10.5. The van der Waals surface area contributed by atoms with Gasteiger partial charge >= 0.3 is 0 Å². The molecule has 0 radical (unpaired) electrons. The quantitative estimate of drug-likeness (QED) is 0.740. The molecule has 0 aromatic carbocycles. The lowest BCUT2D eigenvalue weighted by Gasteiger charge is -2.27. The maximum atomic E-state index is 11.2. The summed E-state index contributed by atoms with van der Waals surface area (Å²) in [6, 6.07) is 0. The van der Waals surface area contributed by atoms with Crippen molar-refractivity contribution in [2.45, 2.75) is 6.61 Å². The Labute approximate surface area is 90.6 Å². The summed E-state index contributed by atoms with van der Waals surface area (Å²) in [4.78, 5) is 10.3. The molecule has 6 heteroatoms. The molecule has 0 unspecified atom stereocenters. The molecular formula is C9H13N3O2S. The minimum Gasteiger partial charge on any atom is -0.390 e. The van der Waals surface area contributed by atoms with E-state index in [9.17, 15) is 4.21 Å².